The molecule has 1 fully saturated rings. The highest BCUT2D eigenvalue weighted by atomic mass is 16.7. The van der Waals surface area contributed by atoms with Crippen LogP contribution in [0.2, 0.25) is 0 Å². The molecular weight excluding hydrogens is 959 g/mol. The van der Waals surface area contributed by atoms with Gasteiger partial charge in [0, 0.05) is 6.42 Å². The summed E-state index contributed by atoms with van der Waals surface area (Å²) in [5.41, 5.74) is 0. The number of ether oxygens (including phenoxy) is 2. The fourth-order valence-corrected chi connectivity index (χ4v) is 10.4. The zero-order chi connectivity index (χ0) is 55.8. The van der Waals surface area contributed by atoms with Crippen LogP contribution in [0, 0.1) is 0 Å². The van der Waals surface area contributed by atoms with Crippen LogP contribution in [0.5, 0.6) is 0 Å². The van der Waals surface area contributed by atoms with E-state index in [9.17, 15) is 30.3 Å². The molecule has 1 heterocycles. The fraction of sp³-hybridized carbons (Fsp3) is 0.838. The minimum Gasteiger partial charge on any atom is -0.394 e. The van der Waals surface area contributed by atoms with Crippen LogP contribution in [-0.2, 0) is 14.3 Å². The number of carbonyl (C=O) groups excluding carboxylic acids is 1. The number of amides is 1. The molecule has 0 radical (unpaired) electrons. The Morgan fingerprint density at radius 1 is 0.455 bits per heavy atom. The Bertz CT molecular complexity index is 1400. The Balaban J connectivity index is 2.00. The summed E-state index contributed by atoms with van der Waals surface area (Å²) in [5.74, 6) is -0.172. The van der Waals surface area contributed by atoms with Crippen LogP contribution in [0.15, 0.2) is 60.8 Å². The molecule has 1 rings (SSSR count). The molecule has 450 valence electrons. The van der Waals surface area contributed by atoms with Gasteiger partial charge in [-0.25, -0.2) is 0 Å². The normalized spacial score (nSPS) is 19.1. The lowest BCUT2D eigenvalue weighted by Crippen LogP contribution is -2.60. The number of hydrogen-bond acceptors (Lipinski definition) is 8. The van der Waals surface area contributed by atoms with E-state index in [1.54, 1.807) is 6.08 Å². The lowest BCUT2D eigenvalue weighted by molar-refractivity contribution is -0.302. The van der Waals surface area contributed by atoms with Crippen molar-refractivity contribution in [1.82, 2.24) is 5.32 Å². The van der Waals surface area contributed by atoms with Crippen molar-refractivity contribution in [3.63, 3.8) is 0 Å². The first-order valence-electron chi connectivity index (χ1n) is 33.0. The minimum atomic E-state index is -1.57. The molecule has 0 aliphatic carbocycles. The summed E-state index contributed by atoms with van der Waals surface area (Å²) in [5, 5.41) is 54.5. The van der Waals surface area contributed by atoms with Crippen LogP contribution in [0.3, 0.4) is 0 Å². The lowest BCUT2D eigenvalue weighted by Gasteiger charge is -2.40. The largest absolute Gasteiger partial charge is 0.394 e. The van der Waals surface area contributed by atoms with Gasteiger partial charge in [0.25, 0.3) is 0 Å². The Kier molecular flexibility index (Phi) is 54.1. The molecule has 9 heteroatoms. The highest BCUT2D eigenvalue weighted by Crippen LogP contribution is 2.23. The summed E-state index contributed by atoms with van der Waals surface area (Å²) >= 11 is 0. The third-order valence-electron chi connectivity index (χ3n) is 15.6. The van der Waals surface area contributed by atoms with Crippen molar-refractivity contribution in [2.45, 2.75) is 352 Å². The predicted octanol–water partition coefficient (Wildman–Crippen LogP) is 17.4. The van der Waals surface area contributed by atoms with Gasteiger partial charge in [0.2, 0.25) is 5.91 Å². The van der Waals surface area contributed by atoms with E-state index in [1.165, 1.54) is 225 Å². The first-order chi connectivity index (χ1) is 37.8. The van der Waals surface area contributed by atoms with Crippen LogP contribution in [0.4, 0.5) is 0 Å². The van der Waals surface area contributed by atoms with Gasteiger partial charge in [-0.05, 0) is 57.8 Å². The topological polar surface area (TPSA) is 149 Å². The number of aliphatic hydroxyl groups is 5. The Labute approximate surface area is 475 Å². The van der Waals surface area contributed by atoms with Gasteiger partial charge in [0.05, 0.1) is 25.4 Å². The van der Waals surface area contributed by atoms with Crippen molar-refractivity contribution >= 4 is 5.91 Å². The Morgan fingerprint density at radius 3 is 1.19 bits per heavy atom. The van der Waals surface area contributed by atoms with Crippen molar-refractivity contribution in [2.75, 3.05) is 13.2 Å². The summed E-state index contributed by atoms with van der Waals surface area (Å²) in [4.78, 5) is 13.1. The van der Waals surface area contributed by atoms with E-state index in [0.717, 1.165) is 64.2 Å². The zero-order valence-electron chi connectivity index (χ0n) is 50.2. The van der Waals surface area contributed by atoms with Crippen LogP contribution < -0.4 is 5.32 Å². The van der Waals surface area contributed by atoms with E-state index >= 15 is 0 Å². The maximum atomic E-state index is 13.1. The number of rotatable bonds is 57. The molecular formula is C68H125NO8. The second kappa shape index (κ2) is 57.1. The van der Waals surface area contributed by atoms with Crippen molar-refractivity contribution < 1.29 is 39.8 Å². The van der Waals surface area contributed by atoms with E-state index in [0.29, 0.717) is 6.42 Å². The summed E-state index contributed by atoms with van der Waals surface area (Å²) in [6.45, 7) is 3.68. The van der Waals surface area contributed by atoms with Gasteiger partial charge >= 0.3 is 0 Å². The van der Waals surface area contributed by atoms with Crippen molar-refractivity contribution in [2.24, 2.45) is 0 Å². The monoisotopic (exact) mass is 1080 g/mol. The van der Waals surface area contributed by atoms with Gasteiger partial charge in [-0.15, -0.1) is 0 Å². The third kappa shape index (κ3) is 46.2. The summed E-state index contributed by atoms with van der Waals surface area (Å²) in [6, 6.07) is -0.803. The number of nitrogens with one attached hydrogen (secondary N) is 1. The molecule has 0 aromatic rings. The van der Waals surface area contributed by atoms with Gasteiger partial charge in [0.1, 0.15) is 24.4 Å². The molecule has 0 saturated carbocycles. The van der Waals surface area contributed by atoms with E-state index < -0.39 is 49.5 Å². The van der Waals surface area contributed by atoms with Gasteiger partial charge < -0.3 is 40.3 Å². The van der Waals surface area contributed by atoms with E-state index in [2.05, 4.69) is 67.8 Å². The molecule has 1 saturated heterocycles. The molecule has 0 aromatic carbocycles. The molecule has 1 aliphatic heterocycles. The molecule has 0 bridgehead atoms. The average molecular weight is 1080 g/mol. The SMILES string of the molecule is CC/C=C\C/C=C\C/C=C\C/C=C\CCCCCCCCCCCCCCCCCCCCCCCCCCCCCCC(=O)NC(COC1OC(CO)C(O)C(O)C1O)C(O)/C=C/CCCCCCCCCCCCC. The molecule has 0 aromatic heterocycles. The van der Waals surface area contributed by atoms with Gasteiger partial charge in [-0.2, -0.15) is 0 Å². The molecule has 7 atom stereocenters. The van der Waals surface area contributed by atoms with Crippen molar-refractivity contribution in [3.8, 4) is 0 Å². The first-order valence-corrected chi connectivity index (χ1v) is 33.0. The number of unbranched alkanes of at least 4 members (excludes halogenated alkanes) is 39. The zero-order valence-corrected chi connectivity index (χ0v) is 50.2. The van der Waals surface area contributed by atoms with E-state index in [1.807, 2.05) is 6.08 Å². The fourth-order valence-electron chi connectivity index (χ4n) is 10.4. The number of allylic oxidation sites excluding steroid dienone is 9. The van der Waals surface area contributed by atoms with Crippen LogP contribution in [-0.4, -0.2) is 87.5 Å². The number of carbonyl (C=O) groups is 1. The Hall–Kier alpha value is -2.11. The van der Waals surface area contributed by atoms with Gasteiger partial charge in [-0.1, -0.05) is 306 Å². The predicted molar refractivity (Wildman–Crippen MR) is 327 cm³/mol. The minimum absolute atomic E-state index is 0.172. The number of hydrogen-bond donors (Lipinski definition) is 6. The summed E-state index contributed by atoms with van der Waals surface area (Å²) in [7, 11) is 0. The van der Waals surface area contributed by atoms with Crippen molar-refractivity contribution in [1.29, 1.82) is 0 Å². The summed E-state index contributed by atoms with van der Waals surface area (Å²) < 4.78 is 11.3. The third-order valence-corrected chi connectivity index (χ3v) is 15.6. The molecule has 0 spiro atoms. The van der Waals surface area contributed by atoms with Gasteiger partial charge in [0.15, 0.2) is 6.29 Å². The molecule has 9 nitrogen and oxygen atoms in total. The maximum Gasteiger partial charge on any atom is 0.220 e. The average Bonchev–Trinajstić information content (AvgIpc) is 3.43. The maximum absolute atomic E-state index is 13.1. The standard InChI is InChI=1S/C68H125NO8/c1-3-5-7-9-11-13-15-17-18-19-20-21-22-23-24-25-26-27-28-29-30-31-32-33-34-35-36-37-38-39-40-41-42-43-44-46-48-50-52-54-56-58-64(72)69-61(60-76-68-67(75)66(74)65(73)63(59-70)77-68)62(71)57-55-53-51-49-47-45-16-14-12-10-8-6-4-2/h5,7,11,13,17-18,20-21,55,57,61-63,65-68,70-71,73-75H,3-4,6,8-10,12,14-16,19,22-54,56,58-60H2,1-2H3,(H,69,72)/b7-5-,13-11-,18-17-,21-20-,57-55+. The Morgan fingerprint density at radius 2 is 0.805 bits per heavy atom. The lowest BCUT2D eigenvalue weighted by atomic mass is 9.99. The van der Waals surface area contributed by atoms with Crippen molar-refractivity contribution in [3.05, 3.63) is 60.8 Å². The molecule has 77 heavy (non-hydrogen) atoms. The van der Waals surface area contributed by atoms with E-state index in [-0.39, 0.29) is 12.5 Å². The van der Waals surface area contributed by atoms with Crippen LogP contribution in [0.25, 0.3) is 0 Å². The highest BCUT2D eigenvalue weighted by molar-refractivity contribution is 5.76. The quantitative estimate of drug-likeness (QED) is 0.0261. The molecule has 7 unspecified atom stereocenters. The summed E-state index contributed by atoms with van der Waals surface area (Å²) in [6.07, 6.45) is 72.0. The molecule has 1 aliphatic rings. The molecule has 1 amide bonds. The smallest absolute Gasteiger partial charge is 0.220 e. The van der Waals surface area contributed by atoms with Crippen LogP contribution >= 0.6 is 0 Å². The second-order valence-electron chi connectivity index (χ2n) is 22.9. The first kappa shape index (κ1) is 72.9. The molecule has 6 N–H and O–H groups in total. The highest BCUT2D eigenvalue weighted by Gasteiger charge is 2.44. The second-order valence-corrected chi connectivity index (χ2v) is 22.9. The number of aliphatic hydroxyl groups excluding tert-OH is 5. The van der Waals surface area contributed by atoms with E-state index in [4.69, 9.17) is 9.47 Å². The van der Waals surface area contributed by atoms with Gasteiger partial charge in [-0.3, -0.25) is 4.79 Å². The van der Waals surface area contributed by atoms with Crippen LogP contribution in [0.1, 0.15) is 309 Å².